The van der Waals surface area contributed by atoms with Gasteiger partial charge in [-0.25, -0.2) is 4.18 Å². The average molecular weight is 975 g/mol. The Kier molecular flexibility index (Phi) is 41.5. The summed E-state index contributed by atoms with van der Waals surface area (Å²) in [5.74, 6) is -0.437. The third-order valence-electron chi connectivity index (χ3n) is 10.9. The van der Waals surface area contributed by atoms with Gasteiger partial charge in [0, 0.05) is 13.0 Å². The smallest absolute Gasteiger partial charge is 0.397 e. The van der Waals surface area contributed by atoms with Gasteiger partial charge in [-0.3, -0.25) is 9.35 Å². The van der Waals surface area contributed by atoms with Gasteiger partial charge in [-0.1, -0.05) is 175 Å². The second kappa shape index (κ2) is 44.9. The zero-order valence-corrected chi connectivity index (χ0v) is 42.4. The molecule has 4 N–H and O–H groups in total. The molecule has 0 radical (unpaired) electrons. The van der Waals surface area contributed by atoms with Crippen molar-refractivity contribution in [3.63, 3.8) is 0 Å². The van der Waals surface area contributed by atoms with Gasteiger partial charge in [0.05, 0.1) is 19.8 Å². The summed E-state index contributed by atoms with van der Waals surface area (Å²) in [4.78, 5) is 12.9. The predicted octanol–water partition coefficient (Wildman–Crippen LogP) is 12.0. The summed E-state index contributed by atoms with van der Waals surface area (Å²) in [7, 11) is -5.08. The number of carbonyl (C=O) groups excluding carboxylic acids is 1. The molecule has 1 heterocycles. The Labute approximate surface area is 411 Å². The average Bonchev–Trinajstić information content (AvgIpc) is 3.31. The Morgan fingerprint density at radius 2 is 0.971 bits per heavy atom. The van der Waals surface area contributed by atoms with Crippen molar-refractivity contribution < 1.29 is 56.2 Å². The first kappa shape index (κ1) is 62.8. The van der Waals surface area contributed by atoms with Crippen LogP contribution >= 0.6 is 0 Å². The fourth-order valence-corrected chi connectivity index (χ4v) is 7.61. The van der Waals surface area contributed by atoms with Crippen molar-refractivity contribution in [1.29, 1.82) is 0 Å². The van der Waals surface area contributed by atoms with E-state index < -0.39 is 59.8 Å². The van der Waals surface area contributed by atoms with Crippen molar-refractivity contribution in [2.75, 3.05) is 26.4 Å². The third-order valence-corrected chi connectivity index (χ3v) is 11.4. The maximum absolute atomic E-state index is 12.9. The topological polar surface area (TPSA) is 178 Å². The Balaban J connectivity index is 2.40. The highest BCUT2D eigenvalue weighted by molar-refractivity contribution is 7.80. The maximum Gasteiger partial charge on any atom is 0.397 e. The van der Waals surface area contributed by atoms with Crippen LogP contribution in [0.1, 0.15) is 168 Å². The molecule has 68 heavy (non-hydrogen) atoms. The third kappa shape index (κ3) is 37.6. The number of aliphatic hydroxyl groups is 3. The molecule has 6 unspecified atom stereocenters. The number of esters is 1. The van der Waals surface area contributed by atoms with Crippen molar-refractivity contribution in [3.05, 3.63) is 109 Å². The number of ether oxygens (including phenoxy) is 4. The minimum atomic E-state index is -5.08. The molecule has 0 bridgehead atoms. The highest BCUT2D eigenvalue weighted by atomic mass is 32.3. The molecule has 13 heteroatoms. The largest absolute Gasteiger partial charge is 0.457 e. The van der Waals surface area contributed by atoms with Gasteiger partial charge in [0.25, 0.3) is 0 Å². The van der Waals surface area contributed by atoms with E-state index >= 15 is 0 Å². The number of aliphatic hydroxyl groups excluding tert-OH is 3. The highest BCUT2D eigenvalue weighted by Gasteiger charge is 2.48. The fourth-order valence-electron chi connectivity index (χ4n) is 7.10. The molecule has 0 aromatic heterocycles. The van der Waals surface area contributed by atoms with Gasteiger partial charge < -0.3 is 34.3 Å². The molecule has 1 saturated heterocycles. The summed E-state index contributed by atoms with van der Waals surface area (Å²) in [6.45, 7) is 3.69. The number of allylic oxidation sites excluding steroid dienone is 18. The van der Waals surface area contributed by atoms with E-state index in [4.69, 9.17) is 18.9 Å². The number of rotatable bonds is 43. The van der Waals surface area contributed by atoms with Crippen molar-refractivity contribution in [1.82, 2.24) is 0 Å². The lowest BCUT2D eigenvalue weighted by Crippen LogP contribution is -2.60. The van der Waals surface area contributed by atoms with Crippen LogP contribution in [-0.2, 0) is 38.3 Å². The minimum absolute atomic E-state index is 0.0105. The van der Waals surface area contributed by atoms with Gasteiger partial charge in [-0.15, -0.1) is 0 Å². The molecule has 1 aliphatic rings. The second-order valence-corrected chi connectivity index (χ2v) is 18.0. The molecule has 0 amide bonds. The summed E-state index contributed by atoms with van der Waals surface area (Å²) in [5.41, 5.74) is 0. The SMILES string of the molecule is CC/C=C\C/C=C\C/C=C\C/C=C\C/C=C\CCCCCC(=O)OC(COCCCCCCCCCCC/C=C\C/C=C\C/C=C\C/C=C\CC)COC1OC(CO)C(O)C(OS(=O)(=O)O)C1O. The van der Waals surface area contributed by atoms with Crippen LogP contribution in [0.15, 0.2) is 109 Å². The van der Waals surface area contributed by atoms with E-state index in [-0.39, 0.29) is 19.6 Å². The highest BCUT2D eigenvalue weighted by Crippen LogP contribution is 2.26. The molecule has 0 aromatic carbocycles. The quantitative estimate of drug-likeness (QED) is 0.0197. The monoisotopic (exact) mass is 975 g/mol. The van der Waals surface area contributed by atoms with Crippen LogP contribution in [0.5, 0.6) is 0 Å². The summed E-state index contributed by atoms with van der Waals surface area (Å²) in [6, 6.07) is 0. The lowest BCUT2D eigenvalue weighted by atomic mass is 9.99. The summed E-state index contributed by atoms with van der Waals surface area (Å²) in [6.07, 6.45) is 54.0. The van der Waals surface area contributed by atoms with Gasteiger partial charge in [-0.2, -0.15) is 8.42 Å². The Morgan fingerprint density at radius 3 is 1.41 bits per heavy atom. The molecule has 6 atom stereocenters. The molecule has 0 spiro atoms. The van der Waals surface area contributed by atoms with E-state index in [0.717, 1.165) is 103 Å². The van der Waals surface area contributed by atoms with Crippen molar-refractivity contribution >= 4 is 16.4 Å². The van der Waals surface area contributed by atoms with Crippen molar-refractivity contribution in [3.8, 4) is 0 Å². The normalized spacial score (nSPS) is 20.2. The van der Waals surface area contributed by atoms with Crippen molar-refractivity contribution in [2.24, 2.45) is 0 Å². The summed E-state index contributed by atoms with van der Waals surface area (Å²) < 4.78 is 59.2. The minimum Gasteiger partial charge on any atom is -0.457 e. The van der Waals surface area contributed by atoms with Gasteiger partial charge in [0.1, 0.15) is 30.5 Å². The fraction of sp³-hybridized carbons (Fsp3) is 0.655. The van der Waals surface area contributed by atoms with Gasteiger partial charge in [-0.05, 0) is 96.3 Å². The Morgan fingerprint density at radius 1 is 0.559 bits per heavy atom. The number of hydrogen-bond donors (Lipinski definition) is 4. The van der Waals surface area contributed by atoms with E-state index in [1.54, 1.807) is 0 Å². The van der Waals surface area contributed by atoms with E-state index in [9.17, 15) is 33.1 Å². The lowest BCUT2D eigenvalue weighted by Gasteiger charge is -2.41. The van der Waals surface area contributed by atoms with Gasteiger partial charge in [0.15, 0.2) is 6.29 Å². The molecule has 12 nitrogen and oxygen atoms in total. The molecule has 388 valence electrons. The first-order valence-electron chi connectivity index (χ1n) is 25.6. The zero-order valence-electron chi connectivity index (χ0n) is 41.6. The first-order valence-corrected chi connectivity index (χ1v) is 27.0. The molecular weight excluding hydrogens is 885 g/mol. The second-order valence-electron chi connectivity index (χ2n) is 17.0. The molecule has 0 aliphatic carbocycles. The van der Waals surface area contributed by atoms with Crippen LogP contribution in [0.25, 0.3) is 0 Å². The molecule has 0 saturated carbocycles. The molecule has 0 aromatic rings. The zero-order chi connectivity index (χ0) is 49.6. The first-order chi connectivity index (χ1) is 33.1. The Hall–Kier alpha value is -3.24. The molecule has 1 rings (SSSR count). The lowest BCUT2D eigenvalue weighted by molar-refractivity contribution is -0.301. The summed E-state index contributed by atoms with van der Waals surface area (Å²) >= 11 is 0. The van der Waals surface area contributed by atoms with Crippen LogP contribution < -0.4 is 0 Å². The van der Waals surface area contributed by atoms with Gasteiger partial charge in [0.2, 0.25) is 0 Å². The van der Waals surface area contributed by atoms with Crippen LogP contribution in [-0.4, -0.2) is 97.5 Å². The standard InChI is InChI=1S/C55H90O12S/c1-3-5-7-9-11-13-15-17-19-21-23-24-25-27-29-31-33-35-37-39-41-43-45-63-47-49(48-64-55-53(59)54(67-68(60,61)62)52(58)50(46-56)66-55)65-51(57)44-42-40-38-36-34-32-30-28-26-22-20-18-16-14-12-10-8-6-4-2/h5-8,11-14,17-20,23-24,26,28,32,34,49-50,52-56,58-59H,3-4,9-10,15-16,21-22,25,27,29-31,33,35-48H2,1-2H3,(H,60,61,62)/b7-5-,8-6-,13-11-,14-12-,19-17-,20-18-,24-23-,28-26-,34-32-. The maximum atomic E-state index is 12.9. The predicted molar refractivity (Wildman–Crippen MR) is 275 cm³/mol. The van der Waals surface area contributed by atoms with Crippen LogP contribution in [0, 0.1) is 0 Å². The van der Waals surface area contributed by atoms with E-state index in [1.807, 2.05) is 0 Å². The van der Waals surface area contributed by atoms with E-state index in [2.05, 4.69) is 127 Å². The van der Waals surface area contributed by atoms with E-state index in [1.165, 1.54) is 38.5 Å². The Bertz CT molecular complexity index is 1590. The molecular formula is C55H90O12S. The number of hydrogen-bond acceptors (Lipinski definition) is 11. The van der Waals surface area contributed by atoms with Gasteiger partial charge >= 0.3 is 16.4 Å². The van der Waals surface area contributed by atoms with Crippen LogP contribution in [0.4, 0.5) is 0 Å². The van der Waals surface area contributed by atoms with Crippen molar-refractivity contribution in [2.45, 2.75) is 205 Å². The van der Waals surface area contributed by atoms with Crippen LogP contribution in [0.2, 0.25) is 0 Å². The van der Waals surface area contributed by atoms with E-state index in [0.29, 0.717) is 13.0 Å². The van der Waals surface area contributed by atoms with Crippen LogP contribution in [0.3, 0.4) is 0 Å². The number of unbranched alkanes of at least 4 members (excludes halogenated alkanes) is 12. The molecule has 1 fully saturated rings. The number of carbonyl (C=O) groups is 1. The summed E-state index contributed by atoms with van der Waals surface area (Å²) in [5, 5.41) is 30.8. The molecule has 1 aliphatic heterocycles.